The van der Waals surface area contributed by atoms with E-state index >= 15 is 0 Å². The van der Waals surface area contributed by atoms with Crippen LogP contribution in [-0.4, -0.2) is 65.7 Å². The first kappa shape index (κ1) is 33.8. The molecule has 0 spiro atoms. The number of aryl methyl sites for hydroxylation is 1. The number of fused-ring (bicyclic) bond motifs is 1. The number of benzene rings is 3. The molecule has 4 unspecified atom stereocenters. The van der Waals surface area contributed by atoms with E-state index in [1.54, 1.807) is 48.5 Å². The molecule has 3 aromatic rings. The number of nitrogens with zero attached hydrogens (tertiary/aromatic N) is 1. The van der Waals surface area contributed by atoms with Crippen LogP contribution >= 0.6 is 0 Å². The zero-order valence-electron chi connectivity index (χ0n) is 27.5. The second-order valence-electron chi connectivity index (χ2n) is 13.5. The highest BCUT2D eigenvalue weighted by Crippen LogP contribution is 2.29. The Morgan fingerprint density at radius 2 is 1.44 bits per heavy atom. The van der Waals surface area contributed by atoms with E-state index in [1.807, 2.05) is 49.4 Å². The number of rotatable bonds is 5. The average molecular weight is 620 g/mol. The molecule has 0 aliphatic carbocycles. The maximum absolute atomic E-state index is 13.8. The minimum absolute atomic E-state index is 0.160. The summed E-state index contributed by atoms with van der Waals surface area (Å²) in [6.07, 6.45) is -2.90. The monoisotopic (exact) mass is 619 g/mol. The fraction of sp³-hybridized carbons (Fsp3) is 0.472. The highest BCUT2D eigenvalue weighted by molar-refractivity contribution is 5.94. The van der Waals surface area contributed by atoms with E-state index in [9.17, 15) is 14.4 Å². The molecule has 9 nitrogen and oxygen atoms in total. The molecule has 0 N–H and O–H groups in total. The third-order valence-electron chi connectivity index (χ3n) is 7.26. The number of ether oxygens (including phenoxy) is 5. The van der Waals surface area contributed by atoms with Crippen molar-refractivity contribution in [3.05, 3.63) is 77.9 Å². The van der Waals surface area contributed by atoms with Gasteiger partial charge < -0.3 is 23.7 Å². The van der Waals surface area contributed by atoms with Gasteiger partial charge in [-0.3, -0.25) is 0 Å². The van der Waals surface area contributed by atoms with Gasteiger partial charge in [-0.15, -0.1) is 0 Å². The van der Waals surface area contributed by atoms with Gasteiger partial charge in [-0.25, -0.2) is 14.4 Å². The second kappa shape index (κ2) is 13.9. The Bertz CT molecular complexity index is 1450. The van der Waals surface area contributed by atoms with Crippen molar-refractivity contribution in [2.24, 2.45) is 5.92 Å². The molecule has 1 aliphatic heterocycles. The quantitative estimate of drug-likeness (QED) is 0.217. The largest absolute Gasteiger partial charge is 0.486 e. The topological polar surface area (TPSA) is 101 Å². The van der Waals surface area contributed by atoms with Crippen LogP contribution in [0.3, 0.4) is 0 Å². The molecule has 4 rings (SSSR count). The molecule has 0 aromatic heterocycles. The van der Waals surface area contributed by atoms with Crippen molar-refractivity contribution >= 4 is 28.9 Å². The molecule has 2 amide bonds. The minimum Gasteiger partial charge on any atom is -0.486 e. The lowest BCUT2D eigenvalue weighted by atomic mass is 9.89. The van der Waals surface area contributed by atoms with Crippen molar-refractivity contribution < 1.29 is 38.1 Å². The first-order chi connectivity index (χ1) is 21.1. The number of carbonyl (C=O) groups excluding carboxylic acids is 3. The first-order valence-corrected chi connectivity index (χ1v) is 15.3. The Morgan fingerprint density at radius 3 is 2.07 bits per heavy atom. The predicted molar refractivity (Wildman–Crippen MR) is 171 cm³/mol. The Kier molecular flexibility index (Phi) is 10.4. The zero-order chi connectivity index (χ0) is 32.9. The minimum atomic E-state index is -1.45. The van der Waals surface area contributed by atoms with Crippen molar-refractivity contribution in [2.75, 3.05) is 13.2 Å². The molecule has 45 heavy (non-hydrogen) atoms. The van der Waals surface area contributed by atoms with Gasteiger partial charge in [0.15, 0.2) is 6.04 Å². The van der Waals surface area contributed by atoms with Crippen molar-refractivity contribution in [3.63, 3.8) is 0 Å². The first-order valence-electron chi connectivity index (χ1n) is 15.3. The number of hydrogen-bond donors (Lipinski definition) is 0. The fourth-order valence-corrected chi connectivity index (χ4v) is 5.23. The maximum atomic E-state index is 13.8. The molecular weight excluding hydrogens is 574 g/mol. The van der Waals surface area contributed by atoms with E-state index in [2.05, 4.69) is 24.3 Å². The van der Waals surface area contributed by atoms with Crippen LogP contribution in [-0.2, 0) is 30.2 Å². The summed E-state index contributed by atoms with van der Waals surface area (Å²) >= 11 is 0. The van der Waals surface area contributed by atoms with Gasteiger partial charge in [-0.05, 0) is 90.3 Å². The summed E-state index contributed by atoms with van der Waals surface area (Å²) < 4.78 is 29.7. The smallest absolute Gasteiger partial charge is 0.420 e. The molecule has 1 fully saturated rings. The van der Waals surface area contributed by atoms with Crippen LogP contribution in [0.5, 0.6) is 5.75 Å². The highest BCUT2D eigenvalue weighted by atomic mass is 16.6. The van der Waals surface area contributed by atoms with E-state index < -0.39 is 47.6 Å². The summed E-state index contributed by atoms with van der Waals surface area (Å²) in [6.45, 7) is 13.6. The summed E-state index contributed by atoms with van der Waals surface area (Å²) in [5.41, 5.74) is 0.298. The standard InChI is InChI=1S/C36H45NO8/c1-23-16-18-28(19-17-23)43-31-24(2)42-32(38)30(37(33(39)44-35(3,4)5)34(40)45-36(6,7)8)22-41-21-27(31)20-26-14-11-13-25-12-9-10-15-29(25)26/h9-19,24,27,30-31H,20-22H2,1-8H3. The predicted octanol–water partition coefficient (Wildman–Crippen LogP) is 7.26. The summed E-state index contributed by atoms with van der Waals surface area (Å²) in [7, 11) is 0. The molecule has 3 aromatic carbocycles. The summed E-state index contributed by atoms with van der Waals surface area (Å²) in [4.78, 5) is 41.2. The molecule has 0 saturated carbocycles. The molecule has 1 aliphatic rings. The number of esters is 1. The van der Waals surface area contributed by atoms with E-state index in [4.69, 9.17) is 23.7 Å². The Labute approximate surface area is 265 Å². The van der Waals surface area contributed by atoms with Gasteiger partial charge in [0.1, 0.15) is 29.2 Å². The van der Waals surface area contributed by atoms with Crippen LogP contribution in [0.4, 0.5) is 9.59 Å². The number of cyclic esters (lactones) is 1. The molecule has 0 radical (unpaired) electrons. The van der Waals surface area contributed by atoms with E-state index in [0.29, 0.717) is 17.1 Å². The summed E-state index contributed by atoms with van der Waals surface area (Å²) in [5.74, 6) is -0.478. The van der Waals surface area contributed by atoms with Gasteiger partial charge in [0.2, 0.25) is 0 Å². The lowest BCUT2D eigenvalue weighted by molar-refractivity contribution is -0.159. The molecule has 1 heterocycles. The SMILES string of the molecule is Cc1ccc(OC2C(Cc3cccc4ccccc34)COCC(N(C(=O)OC(C)(C)C)C(=O)OC(C)(C)C)C(=O)OC2C)cc1. The average Bonchev–Trinajstić information content (AvgIpc) is 2.98. The van der Waals surface area contributed by atoms with Gasteiger partial charge in [0.05, 0.1) is 13.2 Å². The van der Waals surface area contributed by atoms with Crippen LogP contribution in [0.1, 0.15) is 59.6 Å². The molecule has 242 valence electrons. The van der Waals surface area contributed by atoms with E-state index in [0.717, 1.165) is 21.9 Å². The molecular formula is C36H45NO8. The van der Waals surface area contributed by atoms with Crippen LogP contribution in [0.15, 0.2) is 66.7 Å². The lowest BCUT2D eigenvalue weighted by Gasteiger charge is -2.33. The van der Waals surface area contributed by atoms with Crippen molar-refractivity contribution in [1.29, 1.82) is 0 Å². The number of hydrogen-bond acceptors (Lipinski definition) is 8. The van der Waals surface area contributed by atoms with Crippen molar-refractivity contribution in [3.8, 4) is 5.75 Å². The van der Waals surface area contributed by atoms with Gasteiger partial charge >= 0.3 is 18.2 Å². The highest BCUT2D eigenvalue weighted by Gasteiger charge is 2.44. The third kappa shape index (κ3) is 9.20. The normalized spacial score (nSPS) is 21.1. The molecule has 1 saturated heterocycles. The van der Waals surface area contributed by atoms with Crippen LogP contribution in [0, 0.1) is 12.8 Å². The van der Waals surface area contributed by atoms with Crippen LogP contribution in [0.25, 0.3) is 10.8 Å². The number of imide groups is 1. The Balaban J connectivity index is 1.70. The van der Waals surface area contributed by atoms with Crippen LogP contribution in [0.2, 0.25) is 0 Å². The van der Waals surface area contributed by atoms with Gasteiger partial charge in [0.25, 0.3) is 0 Å². The maximum Gasteiger partial charge on any atom is 0.420 e. The van der Waals surface area contributed by atoms with E-state index in [1.165, 1.54) is 0 Å². The molecule has 0 bridgehead atoms. The fourth-order valence-electron chi connectivity index (χ4n) is 5.23. The second-order valence-corrected chi connectivity index (χ2v) is 13.5. The summed E-state index contributed by atoms with van der Waals surface area (Å²) in [6, 6.07) is 20.5. The van der Waals surface area contributed by atoms with Gasteiger partial charge in [-0.2, -0.15) is 4.90 Å². The van der Waals surface area contributed by atoms with Crippen LogP contribution < -0.4 is 4.74 Å². The third-order valence-corrected chi connectivity index (χ3v) is 7.26. The molecule has 4 atom stereocenters. The zero-order valence-corrected chi connectivity index (χ0v) is 27.5. The Hall–Kier alpha value is -4.11. The van der Waals surface area contributed by atoms with Crippen molar-refractivity contribution in [1.82, 2.24) is 4.90 Å². The van der Waals surface area contributed by atoms with Gasteiger partial charge in [-0.1, -0.05) is 60.2 Å². The van der Waals surface area contributed by atoms with Gasteiger partial charge in [0, 0.05) is 5.92 Å². The lowest BCUT2D eigenvalue weighted by Crippen LogP contribution is -2.54. The summed E-state index contributed by atoms with van der Waals surface area (Å²) in [5, 5.41) is 2.22. The number of carbonyl (C=O) groups is 3. The molecule has 9 heteroatoms. The Morgan fingerprint density at radius 1 is 0.844 bits per heavy atom. The van der Waals surface area contributed by atoms with E-state index in [-0.39, 0.29) is 19.1 Å². The van der Waals surface area contributed by atoms with Crippen molar-refractivity contribution in [2.45, 2.75) is 91.3 Å². The number of amides is 2.